The number of aliphatic hydroxyl groups excluding tert-OH is 1. The minimum atomic E-state index is -0.0677. The first-order valence-electron chi connectivity index (χ1n) is 5.29. The van der Waals surface area contributed by atoms with Crippen molar-refractivity contribution < 1.29 is 5.11 Å². The standard InChI is InChI=1S/C10H19NO.ClH/c12-9-6-3-7-11-10(9)8-4-1-2-5-8;/h8-12H,1-7H2;1H. The first-order valence-corrected chi connectivity index (χ1v) is 5.29. The highest BCUT2D eigenvalue weighted by atomic mass is 35.5. The maximum Gasteiger partial charge on any atom is 0.0696 e. The molecule has 1 saturated carbocycles. The number of halogens is 1. The van der Waals surface area contributed by atoms with Gasteiger partial charge in [0, 0.05) is 6.04 Å². The van der Waals surface area contributed by atoms with E-state index in [-0.39, 0.29) is 18.5 Å². The van der Waals surface area contributed by atoms with E-state index in [2.05, 4.69) is 5.32 Å². The minimum Gasteiger partial charge on any atom is -0.391 e. The van der Waals surface area contributed by atoms with E-state index < -0.39 is 0 Å². The molecule has 3 heteroatoms. The lowest BCUT2D eigenvalue weighted by molar-refractivity contribution is 0.0692. The Balaban J connectivity index is 0.000000845. The van der Waals surface area contributed by atoms with Gasteiger partial charge in [0.2, 0.25) is 0 Å². The third kappa shape index (κ3) is 2.58. The van der Waals surface area contributed by atoms with Crippen molar-refractivity contribution in [2.75, 3.05) is 6.54 Å². The van der Waals surface area contributed by atoms with Crippen LogP contribution in [-0.2, 0) is 0 Å². The highest BCUT2D eigenvalue weighted by Gasteiger charge is 2.31. The first-order chi connectivity index (χ1) is 5.88. The van der Waals surface area contributed by atoms with Crippen LogP contribution in [0.4, 0.5) is 0 Å². The highest BCUT2D eigenvalue weighted by Crippen LogP contribution is 2.30. The van der Waals surface area contributed by atoms with E-state index in [1.54, 1.807) is 0 Å². The maximum atomic E-state index is 9.77. The molecule has 0 bridgehead atoms. The molecular formula is C10H20ClNO. The molecule has 0 aromatic heterocycles. The van der Waals surface area contributed by atoms with Gasteiger partial charge in [-0.25, -0.2) is 0 Å². The maximum absolute atomic E-state index is 9.77. The summed E-state index contributed by atoms with van der Waals surface area (Å²) in [6.45, 7) is 1.11. The van der Waals surface area contributed by atoms with Crippen molar-refractivity contribution in [3.63, 3.8) is 0 Å². The molecule has 2 nitrogen and oxygen atoms in total. The second-order valence-corrected chi connectivity index (χ2v) is 4.23. The van der Waals surface area contributed by atoms with E-state index >= 15 is 0 Å². The van der Waals surface area contributed by atoms with Crippen molar-refractivity contribution >= 4 is 12.4 Å². The summed E-state index contributed by atoms with van der Waals surface area (Å²) in [5.41, 5.74) is 0. The Kier molecular flexibility index (Phi) is 4.50. The molecule has 1 aliphatic carbocycles. The summed E-state index contributed by atoms with van der Waals surface area (Å²) in [6, 6.07) is 0.418. The summed E-state index contributed by atoms with van der Waals surface area (Å²) in [7, 11) is 0. The average Bonchev–Trinajstić information content (AvgIpc) is 2.57. The fourth-order valence-electron chi connectivity index (χ4n) is 2.69. The van der Waals surface area contributed by atoms with Crippen molar-refractivity contribution in [2.24, 2.45) is 5.92 Å². The number of aliphatic hydroxyl groups is 1. The first kappa shape index (κ1) is 11.3. The van der Waals surface area contributed by atoms with Gasteiger partial charge in [-0.3, -0.25) is 0 Å². The summed E-state index contributed by atoms with van der Waals surface area (Å²) in [5.74, 6) is 0.764. The molecule has 1 heterocycles. The zero-order valence-corrected chi connectivity index (χ0v) is 8.85. The molecule has 13 heavy (non-hydrogen) atoms. The van der Waals surface area contributed by atoms with Crippen LogP contribution in [0, 0.1) is 5.92 Å². The van der Waals surface area contributed by atoms with Gasteiger partial charge in [0.25, 0.3) is 0 Å². The van der Waals surface area contributed by atoms with Crippen LogP contribution in [0.5, 0.6) is 0 Å². The van der Waals surface area contributed by atoms with Gasteiger partial charge >= 0.3 is 0 Å². The Bertz CT molecular complexity index is 148. The summed E-state index contributed by atoms with van der Waals surface area (Å²) < 4.78 is 0. The van der Waals surface area contributed by atoms with E-state index in [0.717, 1.165) is 25.3 Å². The molecule has 2 atom stereocenters. The van der Waals surface area contributed by atoms with Crippen LogP contribution in [0.1, 0.15) is 38.5 Å². The Labute approximate surface area is 86.5 Å². The molecule has 2 rings (SSSR count). The smallest absolute Gasteiger partial charge is 0.0696 e. The Hall–Kier alpha value is 0.210. The highest BCUT2D eigenvalue weighted by molar-refractivity contribution is 5.85. The Morgan fingerprint density at radius 3 is 2.31 bits per heavy atom. The van der Waals surface area contributed by atoms with Gasteiger partial charge in [-0.05, 0) is 38.1 Å². The van der Waals surface area contributed by atoms with Crippen molar-refractivity contribution in [3.05, 3.63) is 0 Å². The van der Waals surface area contributed by atoms with Crippen LogP contribution in [0.2, 0.25) is 0 Å². The van der Waals surface area contributed by atoms with Gasteiger partial charge < -0.3 is 10.4 Å². The SMILES string of the molecule is Cl.OC1CCCNC1C1CCCC1. The van der Waals surface area contributed by atoms with Crippen LogP contribution in [0.15, 0.2) is 0 Å². The fourth-order valence-corrected chi connectivity index (χ4v) is 2.69. The molecule has 78 valence electrons. The average molecular weight is 206 g/mol. The van der Waals surface area contributed by atoms with E-state index in [9.17, 15) is 5.11 Å². The number of nitrogens with one attached hydrogen (secondary N) is 1. The summed E-state index contributed by atoms with van der Waals surface area (Å²) in [6.07, 6.45) is 7.48. The molecule has 0 aromatic carbocycles. The van der Waals surface area contributed by atoms with E-state index in [1.165, 1.54) is 25.7 Å². The number of rotatable bonds is 1. The zero-order chi connectivity index (χ0) is 8.39. The van der Waals surface area contributed by atoms with Crippen molar-refractivity contribution in [1.82, 2.24) is 5.32 Å². The fraction of sp³-hybridized carbons (Fsp3) is 1.00. The number of piperidine rings is 1. The molecule has 0 amide bonds. The largest absolute Gasteiger partial charge is 0.391 e. The molecule has 2 N–H and O–H groups in total. The molecule has 2 aliphatic rings. The van der Waals surface area contributed by atoms with Crippen LogP contribution < -0.4 is 5.32 Å². The molecular weight excluding hydrogens is 186 g/mol. The van der Waals surface area contributed by atoms with Crippen LogP contribution in [0.25, 0.3) is 0 Å². The van der Waals surface area contributed by atoms with Crippen LogP contribution in [-0.4, -0.2) is 23.8 Å². The third-order valence-electron chi connectivity index (χ3n) is 3.38. The summed E-state index contributed by atoms with van der Waals surface area (Å²) in [5, 5.41) is 13.2. The van der Waals surface area contributed by atoms with Gasteiger partial charge in [-0.1, -0.05) is 12.8 Å². The predicted molar refractivity (Wildman–Crippen MR) is 56.2 cm³/mol. The lowest BCUT2D eigenvalue weighted by Gasteiger charge is -2.33. The van der Waals surface area contributed by atoms with E-state index in [0.29, 0.717) is 6.04 Å². The van der Waals surface area contributed by atoms with Gasteiger partial charge in [0.05, 0.1) is 6.10 Å². The lowest BCUT2D eigenvalue weighted by atomic mass is 9.89. The summed E-state index contributed by atoms with van der Waals surface area (Å²) in [4.78, 5) is 0. The minimum absolute atomic E-state index is 0. The van der Waals surface area contributed by atoms with Crippen LogP contribution >= 0.6 is 12.4 Å². The number of hydrogen-bond donors (Lipinski definition) is 2. The topological polar surface area (TPSA) is 32.3 Å². The van der Waals surface area contributed by atoms with E-state index in [1.807, 2.05) is 0 Å². The molecule has 1 aliphatic heterocycles. The van der Waals surface area contributed by atoms with Crippen molar-refractivity contribution in [3.8, 4) is 0 Å². The molecule has 2 unspecified atom stereocenters. The second-order valence-electron chi connectivity index (χ2n) is 4.23. The molecule has 0 spiro atoms. The van der Waals surface area contributed by atoms with Gasteiger partial charge in [0.1, 0.15) is 0 Å². The van der Waals surface area contributed by atoms with Crippen molar-refractivity contribution in [2.45, 2.75) is 50.7 Å². The predicted octanol–water partition coefficient (Wildman–Crippen LogP) is 1.71. The quantitative estimate of drug-likeness (QED) is 0.683. The normalized spacial score (nSPS) is 35.8. The van der Waals surface area contributed by atoms with Gasteiger partial charge in [-0.2, -0.15) is 0 Å². The summed E-state index contributed by atoms with van der Waals surface area (Å²) >= 11 is 0. The lowest BCUT2D eigenvalue weighted by Crippen LogP contribution is -2.48. The zero-order valence-electron chi connectivity index (χ0n) is 8.04. The monoisotopic (exact) mass is 205 g/mol. The molecule has 0 aromatic rings. The van der Waals surface area contributed by atoms with Crippen molar-refractivity contribution in [1.29, 1.82) is 0 Å². The second kappa shape index (κ2) is 5.18. The Morgan fingerprint density at radius 1 is 1.00 bits per heavy atom. The van der Waals surface area contributed by atoms with Crippen LogP contribution in [0.3, 0.4) is 0 Å². The molecule has 0 radical (unpaired) electrons. The number of hydrogen-bond acceptors (Lipinski definition) is 2. The molecule has 2 fully saturated rings. The Morgan fingerprint density at radius 2 is 1.69 bits per heavy atom. The van der Waals surface area contributed by atoms with Gasteiger partial charge in [0.15, 0.2) is 0 Å². The third-order valence-corrected chi connectivity index (χ3v) is 3.38. The van der Waals surface area contributed by atoms with Gasteiger partial charge in [-0.15, -0.1) is 12.4 Å². The molecule has 1 saturated heterocycles. The van der Waals surface area contributed by atoms with E-state index in [4.69, 9.17) is 0 Å².